The van der Waals surface area contributed by atoms with Crippen molar-refractivity contribution in [2.24, 2.45) is 0 Å². The molecule has 110 valence electrons. The molecule has 3 heteroatoms. The lowest BCUT2D eigenvalue weighted by Gasteiger charge is -2.18. The number of benzene rings is 3. The molecule has 0 bridgehead atoms. The van der Waals surface area contributed by atoms with Gasteiger partial charge >= 0.3 is 0 Å². The SMILES string of the molecule is Cc1ccccc1.Clc1cccc2c1Sc1ccccc1S2. The Kier molecular flexibility index (Phi) is 5.14. The van der Waals surface area contributed by atoms with E-state index in [4.69, 9.17) is 11.6 Å². The summed E-state index contributed by atoms with van der Waals surface area (Å²) < 4.78 is 0. The van der Waals surface area contributed by atoms with Gasteiger partial charge in [-0.15, -0.1) is 0 Å². The Bertz CT molecular complexity index is 769. The summed E-state index contributed by atoms with van der Waals surface area (Å²) in [6, 6.07) is 24.8. The molecule has 3 aromatic rings. The maximum Gasteiger partial charge on any atom is 0.0556 e. The largest absolute Gasteiger partial charge is 0.0877 e. The summed E-state index contributed by atoms with van der Waals surface area (Å²) >= 11 is 9.72. The Morgan fingerprint density at radius 2 is 1.23 bits per heavy atom. The van der Waals surface area contributed by atoms with Crippen molar-refractivity contribution in [3.05, 3.63) is 83.4 Å². The van der Waals surface area contributed by atoms with Crippen LogP contribution in [0.2, 0.25) is 5.02 Å². The molecule has 3 aromatic carbocycles. The van der Waals surface area contributed by atoms with Crippen molar-refractivity contribution in [3.8, 4) is 0 Å². The van der Waals surface area contributed by atoms with Crippen LogP contribution in [-0.2, 0) is 0 Å². The molecule has 0 aliphatic carbocycles. The highest BCUT2D eigenvalue weighted by Gasteiger charge is 2.18. The summed E-state index contributed by atoms with van der Waals surface area (Å²) in [6.45, 7) is 2.08. The van der Waals surface area contributed by atoms with Gasteiger partial charge in [0, 0.05) is 19.6 Å². The highest BCUT2D eigenvalue weighted by atomic mass is 35.5. The van der Waals surface area contributed by atoms with E-state index < -0.39 is 0 Å². The van der Waals surface area contributed by atoms with Gasteiger partial charge in [0.05, 0.1) is 5.02 Å². The molecule has 22 heavy (non-hydrogen) atoms. The van der Waals surface area contributed by atoms with Crippen LogP contribution in [0.5, 0.6) is 0 Å². The third-order valence-corrected chi connectivity index (χ3v) is 6.19. The van der Waals surface area contributed by atoms with Crippen molar-refractivity contribution < 1.29 is 0 Å². The first-order valence-corrected chi connectivity index (χ1v) is 9.00. The van der Waals surface area contributed by atoms with E-state index in [-0.39, 0.29) is 0 Å². The smallest absolute Gasteiger partial charge is 0.0556 e. The monoisotopic (exact) mass is 342 g/mol. The first kappa shape index (κ1) is 15.5. The molecule has 0 aromatic heterocycles. The molecule has 1 aliphatic heterocycles. The summed E-state index contributed by atoms with van der Waals surface area (Å²) in [6.07, 6.45) is 0. The molecular weight excluding hydrogens is 328 g/mol. The van der Waals surface area contributed by atoms with Gasteiger partial charge < -0.3 is 0 Å². The predicted octanol–water partition coefficient (Wildman–Crippen LogP) is 6.95. The van der Waals surface area contributed by atoms with Crippen molar-refractivity contribution in [1.82, 2.24) is 0 Å². The van der Waals surface area contributed by atoms with Gasteiger partial charge in [-0.3, -0.25) is 0 Å². The molecule has 4 rings (SSSR count). The Morgan fingerprint density at radius 1 is 0.636 bits per heavy atom. The fourth-order valence-corrected chi connectivity index (χ4v) is 4.67. The van der Waals surface area contributed by atoms with Gasteiger partial charge in [0.2, 0.25) is 0 Å². The lowest BCUT2D eigenvalue weighted by molar-refractivity contribution is 1.16. The van der Waals surface area contributed by atoms with Gasteiger partial charge in [-0.25, -0.2) is 0 Å². The zero-order chi connectivity index (χ0) is 15.4. The number of halogens is 1. The van der Waals surface area contributed by atoms with Crippen molar-refractivity contribution in [1.29, 1.82) is 0 Å². The quantitative estimate of drug-likeness (QED) is 0.339. The van der Waals surface area contributed by atoms with Crippen LogP contribution in [-0.4, -0.2) is 0 Å². The fourth-order valence-electron chi connectivity index (χ4n) is 2.05. The van der Waals surface area contributed by atoms with Gasteiger partial charge in [0.15, 0.2) is 0 Å². The Labute approximate surface area is 144 Å². The molecule has 0 saturated heterocycles. The van der Waals surface area contributed by atoms with E-state index in [1.165, 1.54) is 25.1 Å². The van der Waals surface area contributed by atoms with Crippen LogP contribution in [0.25, 0.3) is 0 Å². The van der Waals surface area contributed by atoms with Crippen LogP contribution in [0.15, 0.2) is 92.4 Å². The molecule has 0 saturated carbocycles. The number of hydrogen-bond acceptors (Lipinski definition) is 2. The van der Waals surface area contributed by atoms with Gasteiger partial charge in [-0.1, -0.05) is 89.2 Å². The lowest BCUT2D eigenvalue weighted by atomic mass is 10.2. The number of fused-ring (bicyclic) bond motifs is 2. The van der Waals surface area contributed by atoms with Gasteiger partial charge in [-0.2, -0.15) is 0 Å². The zero-order valence-electron chi connectivity index (χ0n) is 12.1. The second kappa shape index (κ2) is 7.28. The van der Waals surface area contributed by atoms with Crippen molar-refractivity contribution >= 4 is 35.1 Å². The molecule has 1 heterocycles. The predicted molar refractivity (Wildman–Crippen MR) is 97.3 cm³/mol. The molecule has 1 aliphatic rings. The molecular formula is C19H15ClS2. The van der Waals surface area contributed by atoms with Gasteiger partial charge in [0.25, 0.3) is 0 Å². The summed E-state index contributed by atoms with van der Waals surface area (Å²) in [5.74, 6) is 0. The lowest BCUT2D eigenvalue weighted by Crippen LogP contribution is -1.89. The van der Waals surface area contributed by atoms with Crippen molar-refractivity contribution in [2.45, 2.75) is 26.5 Å². The zero-order valence-corrected chi connectivity index (χ0v) is 14.5. The molecule has 0 spiro atoms. The number of aryl methyl sites for hydroxylation is 1. The number of rotatable bonds is 0. The van der Waals surface area contributed by atoms with Crippen molar-refractivity contribution in [2.75, 3.05) is 0 Å². The topological polar surface area (TPSA) is 0 Å². The first-order chi connectivity index (χ1) is 10.7. The van der Waals surface area contributed by atoms with E-state index >= 15 is 0 Å². The second-order valence-corrected chi connectivity index (χ2v) is 7.42. The van der Waals surface area contributed by atoms with Crippen LogP contribution in [0, 0.1) is 6.92 Å². The standard InChI is InChI=1S/C12H7ClS2.C7H8/c13-8-4-3-7-11-12(8)15-10-6-2-1-5-9(10)14-11;1-7-5-3-2-4-6-7/h1-7H;2-6H,1H3. The second-order valence-electron chi connectivity index (χ2n) is 4.87. The van der Waals surface area contributed by atoms with E-state index in [0.717, 1.165) is 5.02 Å². The van der Waals surface area contributed by atoms with E-state index in [1.807, 2.05) is 30.3 Å². The number of hydrogen-bond donors (Lipinski definition) is 0. The Balaban J connectivity index is 0.000000174. The average molecular weight is 343 g/mol. The van der Waals surface area contributed by atoms with Crippen molar-refractivity contribution in [3.63, 3.8) is 0 Å². The van der Waals surface area contributed by atoms with Crippen LogP contribution in [0.4, 0.5) is 0 Å². The van der Waals surface area contributed by atoms with Crippen LogP contribution >= 0.6 is 35.1 Å². The molecule has 0 fully saturated rings. The molecule has 0 radical (unpaired) electrons. The molecule has 0 atom stereocenters. The van der Waals surface area contributed by atoms with E-state index in [0.29, 0.717) is 0 Å². The van der Waals surface area contributed by atoms with Crippen LogP contribution in [0.1, 0.15) is 5.56 Å². The third kappa shape index (κ3) is 3.70. The van der Waals surface area contributed by atoms with E-state index in [2.05, 4.69) is 49.4 Å². The Hall–Kier alpha value is -1.35. The third-order valence-electron chi connectivity index (χ3n) is 3.15. The van der Waals surface area contributed by atoms with E-state index in [9.17, 15) is 0 Å². The summed E-state index contributed by atoms with van der Waals surface area (Å²) in [5, 5.41) is 0.847. The van der Waals surface area contributed by atoms with Crippen LogP contribution < -0.4 is 0 Å². The fraction of sp³-hybridized carbons (Fsp3) is 0.0526. The summed E-state index contributed by atoms with van der Waals surface area (Å²) in [4.78, 5) is 5.05. The van der Waals surface area contributed by atoms with E-state index in [1.54, 1.807) is 23.5 Å². The molecule has 0 unspecified atom stereocenters. The first-order valence-electron chi connectivity index (χ1n) is 6.99. The molecule has 0 N–H and O–H groups in total. The minimum atomic E-state index is 0.847. The summed E-state index contributed by atoms with van der Waals surface area (Å²) in [7, 11) is 0. The summed E-state index contributed by atoms with van der Waals surface area (Å²) in [5.41, 5.74) is 1.32. The van der Waals surface area contributed by atoms with Gasteiger partial charge in [0.1, 0.15) is 0 Å². The highest BCUT2D eigenvalue weighted by molar-refractivity contribution is 8.05. The average Bonchev–Trinajstić information content (AvgIpc) is 2.55. The maximum atomic E-state index is 6.17. The van der Waals surface area contributed by atoms with Crippen LogP contribution in [0.3, 0.4) is 0 Å². The minimum Gasteiger partial charge on any atom is -0.0877 e. The molecule has 0 amide bonds. The Morgan fingerprint density at radius 3 is 1.86 bits per heavy atom. The minimum absolute atomic E-state index is 0.847. The maximum absolute atomic E-state index is 6.17. The van der Waals surface area contributed by atoms with Gasteiger partial charge in [-0.05, 0) is 31.2 Å². The molecule has 0 nitrogen and oxygen atoms in total. The normalized spacial score (nSPS) is 11.7. The highest BCUT2D eigenvalue weighted by Crippen LogP contribution is 2.50.